The van der Waals surface area contributed by atoms with Crippen LogP contribution in [0.2, 0.25) is 0 Å². The van der Waals surface area contributed by atoms with E-state index in [1.165, 1.54) is 4.90 Å². The predicted octanol–water partition coefficient (Wildman–Crippen LogP) is 0.965. The van der Waals surface area contributed by atoms with E-state index >= 15 is 0 Å². The number of aromatic nitrogens is 1. The van der Waals surface area contributed by atoms with Crippen molar-refractivity contribution in [3.05, 3.63) is 11.3 Å². The minimum absolute atomic E-state index is 0.0140. The summed E-state index contributed by atoms with van der Waals surface area (Å²) in [5.41, 5.74) is 1.40. The Balaban J connectivity index is 2.31. The zero-order valence-electron chi connectivity index (χ0n) is 9.31. The molecule has 2 heterocycles. The Morgan fingerprint density at radius 2 is 2.12 bits per heavy atom. The molecule has 17 heavy (non-hydrogen) atoms. The van der Waals surface area contributed by atoms with E-state index in [1.54, 1.807) is 13.8 Å². The fourth-order valence-electron chi connectivity index (χ4n) is 1.71. The van der Waals surface area contributed by atoms with Gasteiger partial charge in [-0.2, -0.15) is 0 Å². The van der Waals surface area contributed by atoms with Crippen molar-refractivity contribution < 1.29 is 17.7 Å². The van der Waals surface area contributed by atoms with Gasteiger partial charge in [-0.05, 0) is 13.8 Å². The van der Waals surface area contributed by atoms with Gasteiger partial charge in [-0.25, -0.2) is 8.42 Å². The molecule has 0 radical (unpaired) electrons. The third-order valence-corrected chi connectivity index (χ3v) is 4.73. The Labute approximate surface area is 103 Å². The molecule has 6 nitrogen and oxygen atoms in total. The molecule has 1 fully saturated rings. The SMILES string of the molecule is Cc1noc(N2CC(S(=O)(=O)Cl)CC2=O)c1C. The highest BCUT2D eigenvalue weighted by Gasteiger charge is 2.40. The summed E-state index contributed by atoms with van der Waals surface area (Å²) in [5, 5.41) is 2.84. The second-order valence-electron chi connectivity index (χ2n) is 4.00. The van der Waals surface area contributed by atoms with Gasteiger partial charge in [0.25, 0.3) is 0 Å². The number of halogens is 1. The Bertz CT molecular complexity index is 566. The zero-order chi connectivity index (χ0) is 12.8. The fourth-order valence-corrected chi connectivity index (χ4v) is 2.74. The van der Waals surface area contributed by atoms with Gasteiger partial charge in [-0.15, -0.1) is 0 Å². The molecular formula is C9H11ClN2O4S. The van der Waals surface area contributed by atoms with Crippen LogP contribution in [0.3, 0.4) is 0 Å². The van der Waals surface area contributed by atoms with Crippen LogP contribution in [0.5, 0.6) is 0 Å². The molecule has 94 valence electrons. The lowest BCUT2D eigenvalue weighted by atomic mass is 10.3. The molecule has 1 saturated heterocycles. The third-order valence-electron chi connectivity index (χ3n) is 2.87. The van der Waals surface area contributed by atoms with Crippen LogP contribution >= 0.6 is 10.7 Å². The summed E-state index contributed by atoms with van der Waals surface area (Å²) in [4.78, 5) is 13.0. The molecule has 2 rings (SSSR count). The van der Waals surface area contributed by atoms with Crippen LogP contribution in [0.1, 0.15) is 17.7 Å². The average molecular weight is 279 g/mol. The molecule has 1 aliphatic heterocycles. The highest BCUT2D eigenvalue weighted by Crippen LogP contribution is 2.30. The molecule has 0 aromatic carbocycles. The van der Waals surface area contributed by atoms with Gasteiger partial charge in [-0.1, -0.05) is 5.16 Å². The monoisotopic (exact) mass is 278 g/mol. The number of carbonyl (C=O) groups is 1. The van der Waals surface area contributed by atoms with Crippen LogP contribution in [0, 0.1) is 13.8 Å². The first kappa shape index (κ1) is 12.4. The van der Waals surface area contributed by atoms with Crippen molar-refractivity contribution in [2.45, 2.75) is 25.5 Å². The van der Waals surface area contributed by atoms with E-state index in [0.29, 0.717) is 11.6 Å². The van der Waals surface area contributed by atoms with Gasteiger partial charge in [0.15, 0.2) is 0 Å². The van der Waals surface area contributed by atoms with Crippen molar-refractivity contribution in [2.24, 2.45) is 0 Å². The number of amides is 1. The molecule has 1 amide bonds. The highest BCUT2D eigenvalue weighted by atomic mass is 35.7. The molecule has 1 aromatic rings. The molecule has 0 N–H and O–H groups in total. The van der Waals surface area contributed by atoms with E-state index in [2.05, 4.69) is 5.16 Å². The van der Waals surface area contributed by atoms with Crippen LogP contribution in [-0.2, 0) is 13.8 Å². The largest absolute Gasteiger partial charge is 0.338 e. The Morgan fingerprint density at radius 3 is 2.53 bits per heavy atom. The summed E-state index contributed by atoms with van der Waals surface area (Å²) in [6.45, 7) is 3.52. The van der Waals surface area contributed by atoms with Crippen LogP contribution in [-0.4, -0.2) is 31.3 Å². The molecule has 1 atom stereocenters. The number of nitrogens with zero attached hydrogens (tertiary/aromatic N) is 2. The lowest BCUT2D eigenvalue weighted by molar-refractivity contribution is -0.117. The summed E-state index contributed by atoms with van der Waals surface area (Å²) >= 11 is 0. The number of hydrogen-bond donors (Lipinski definition) is 0. The first-order chi connectivity index (χ1) is 7.80. The normalized spacial score (nSPS) is 21.2. The summed E-state index contributed by atoms with van der Waals surface area (Å²) in [5.74, 6) is -0.0196. The summed E-state index contributed by atoms with van der Waals surface area (Å²) in [6.07, 6.45) is -0.120. The van der Waals surface area contributed by atoms with Crippen LogP contribution in [0.4, 0.5) is 5.88 Å². The average Bonchev–Trinajstić information content (AvgIpc) is 2.72. The van der Waals surface area contributed by atoms with E-state index in [9.17, 15) is 13.2 Å². The molecule has 0 saturated carbocycles. The molecule has 1 aliphatic rings. The summed E-state index contributed by atoms with van der Waals surface area (Å²) in [6, 6.07) is 0. The number of rotatable bonds is 2. The van der Waals surface area contributed by atoms with Gasteiger partial charge in [0.2, 0.25) is 20.8 Å². The van der Waals surface area contributed by atoms with Gasteiger partial charge < -0.3 is 4.52 Å². The van der Waals surface area contributed by atoms with Crippen molar-refractivity contribution in [2.75, 3.05) is 11.4 Å². The standard InChI is InChI=1S/C9H11ClN2O4S/c1-5-6(2)11-16-9(5)12-4-7(3-8(12)13)17(10,14)15/h7H,3-4H2,1-2H3. The second-order valence-corrected chi connectivity index (χ2v) is 6.91. The van der Waals surface area contributed by atoms with E-state index in [-0.39, 0.29) is 18.9 Å². The van der Waals surface area contributed by atoms with Crippen molar-refractivity contribution in [3.63, 3.8) is 0 Å². The maximum atomic E-state index is 11.7. The van der Waals surface area contributed by atoms with E-state index in [0.717, 1.165) is 5.56 Å². The number of aryl methyl sites for hydroxylation is 1. The molecule has 1 aromatic heterocycles. The van der Waals surface area contributed by atoms with Gasteiger partial charge >= 0.3 is 0 Å². The molecule has 0 aliphatic carbocycles. The Morgan fingerprint density at radius 1 is 1.47 bits per heavy atom. The summed E-state index contributed by atoms with van der Waals surface area (Å²) < 4.78 is 27.4. The summed E-state index contributed by atoms with van der Waals surface area (Å²) in [7, 11) is 1.51. The maximum Gasteiger partial charge on any atom is 0.237 e. The number of anilines is 1. The maximum absolute atomic E-state index is 11.7. The van der Waals surface area contributed by atoms with Crippen LogP contribution in [0.15, 0.2) is 4.52 Å². The van der Waals surface area contributed by atoms with E-state index in [1.807, 2.05) is 0 Å². The van der Waals surface area contributed by atoms with Gasteiger partial charge in [-0.3, -0.25) is 9.69 Å². The minimum atomic E-state index is -3.73. The fraction of sp³-hybridized carbons (Fsp3) is 0.556. The predicted molar refractivity (Wildman–Crippen MR) is 61.5 cm³/mol. The molecule has 8 heteroatoms. The van der Waals surface area contributed by atoms with Crippen LogP contribution in [0.25, 0.3) is 0 Å². The molecule has 1 unspecified atom stereocenters. The lowest BCUT2D eigenvalue weighted by Crippen LogP contribution is -2.26. The van der Waals surface area contributed by atoms with Crippen molar-refractivity contribution in [3.8, 4) is 0 Å². The van der Waals surface area contributed by atoms with Crippen molar-refractivity contribution in [1.29, 1.82) is 0 Å². The van der Waals surface area contributed by atoms with E-state index < -0.39 is 14.3 Å². The van der Waals surface area contributed by atoms with E-state index in [4.69, 9.17) is 15.2 Å². The minimum Gasteiger partial charge on any atom is -0.338 e. The quantitative estimate of drug-likeness (QED) is 0.753. The lowest BCUT2D eigenvalue weighted by Gasteiger charge is -2.12. The second kappa shape index (κ2) is 3.99. The third kappa shape index (κ3) is 2.16. The van der Waals surface area contributed by atoms with Crippen molar-refractivity contribution >= 4 is 31.5 Å². The molecule has 0 spiro atoms. The Hall–Kier alpha value is -1.08. The zero-order valence-corrected chi connectivity index (χ0v) is 10.9. The van der Waals surface area contributed by atoms with Gasteiger partial charge in [0.1, 0.15) is 5.25 Å². The van der Waals surface area contributed by atoms with Crippen LogP contribution < -0.4 is 4.90 Å². The molecule has 0 bridgehead atoms. The highest BCUT2D eigenvalue weighted by molar-refractivity contribution is 8.14. The van der Waals surface area contributed by atoms with Gasteiger partial charge in [0.05, 0.1) is 5.69 Å². The molecular weight excluding hydrogens is 268 g/mol. The topological polar surface area (TPSA) is 80.5 Å². The first-order valence-electron chi connectivity index (χ1n) is 4.97. The Kier molecular flexibility index (Phi) is 2.90. The van der Waals surface area contributed by atoms with Crippen molar-refractivity contribution in [1.82, 2.24) is 5.16 Å². The first-order valence-corrected chi connectivity index (χ1v) is 7.34. The smallest absolute Gasteiger partial charge is 0.237 e. The number of carbonyl (C=O) groups excluding carboxylic acids is 1. The van der Waals surface area contributed by atoms with Gasteiger partial charge in [0, 0.05) is 29.2 Å². The number of hydrogen-bond acceptors (Lipinski definition) is 5.